The summed E-state index contributed by atoms with van der Waals surface area (Å²) in [4.78, 5) is 7.16. The molecule has 0 aromatic heterocycles. The molecule has 0 radical (unpaired) electrons. The Morgan fingerprint density at radius 2 is 2.00 bits per heavy atom. The Kier molecular flexibility index (Phi) is 9.30. The fourth-order valence-corrected chi connectivity index (χ4v) is 4.43. The van der Waals surface area contributed by atoms with Crippen LogP contribution >= 0.6 is 0 Å². The third-order valence-electron chi connectivity index (χ3n) is 5.97. The van der Waals surface area contributed by atoms with Crippen molar-refractivity contribution in [3.05, 3.63) is 12.2 Å². The molecule has 2 N–H and O–H groups in total. The summed E-state index contributed by atoms with van der Waals surface area (Å²) in [6, 6.07) is 0.300. The highest BCUT2D eigenvalue weighted by atomic mass is 16.3. The first-order valence-corrected chi connectivity index (χ1v) is 10.8. The molecule has 0 amide bonds. The second kappa shape index (κ2) is 11.2. The van der Waals surface area contributed by atoms with Crippen molar-refractivity contribution in [3.63, 3.8) is 0 Å². The lowest BCUT2D eigenvalue weighted by Crippen LogP contribution is -2.19. The number of aliphatic hydroxyl groups is 2. The fraction of sp³-hybridized carbons (Fsp3) is 0.864. The summed E-state index contributed by atoms with van der Waals surface area (Å²) >= 11 is 0. The zero-order valence-corrected chi connectivity index (χ0v) is 17.1. The summed E-state index contributed by atoms with van der Waals surface area (Å²) in [5.74, 6) is 0.608. The molecule has 5 atom stereocenters. The van der Waals surface area contributed by atoms with Gasteiger partial charge >= 0.3 is 0 Å². The third-order valence-corrected chi connectivity index (χ3v) is 5.97. The lowest BCUT2D eigenvalue weighted by molar-refractivity contribution is 0.140. The van der Waals surface area contributed by atoms with E-state index in [1.54, 1.807) is 0 Å². The summed E-state index contributed by atoms with van der Waals surface area (Å²) in [6.45, 7) is 3.34. The Hall–Kier alpha value is -0.710. The summed E-state index contributed by atoms with van der Waals surface area (Å²) in [5.41, 5.74) is 1.36. The SMILES string of the molecule is CCCCC[C@H](O)/C=C/[C@@H]1[C@@H]2CC(CCCCCN(C)C)=N[C@H]2C[C@H]1O. The quantitative estimate of drug-likeness (QED) is 0.409. The number of hydrogen-bond donors (Lipinski definition) is 2. The summed E-state index contributed by atoms with van der Waals surface area (Å²) in [5, 5.41) is 20.5. The van der Waals surface area contributed by atoms with Crippen LogP contribution in [0.1, 0.15) is 71.1 Å². The highest BCUT2D eigenvalue weighted by Gasteiger charge is 2.44. The normalized spacial score (nSPS) is 29.5. The van der Waals surface area contributed by atoms with E-state index < -0.39 is 0 Å². The molecular formula is C22H40N2O2. The van der Waals surface area contributed by atoms with Crippen LogP contribution in [0.2, 0.25) is 0 Å². The minimum atomic E-state index is -0.369. The van der Waals surface area contributed by atoms with Gasteiger partial charge in [0.2, 0.25) is 0 Å². The first-order valence-electron chi connectivity index (χ1n) is 10.8. The van der Waals surface area contributed by atoms with Crippen molar-refractivity contribution in [1.82, 2.24) is 4.90 Å². The molecule has 150 valence electrons. The van der Waals surface area contributed by atoms with Gasteiger partial charge in [-0.2, -0.15) is 0 Å². The molecule has 26 heavy (non-hydrogen) atoms. The summed E-state index contributed by atoms with van der Waals surface area (Å²) in [7, 11) is 4.25. The first kappa shape index (κ1) is 21.6. The van der Waals surface area contributed by atoms with Crippen LogP contribution in [-0.2, 0) is 0 Å². The van der Waals surface area contributed by atoms with Crippen LogP contribution in [0.4, 0.5) is 0 Å². The maximum atomic E-state index is 10.4. The van der Waals surface area contributed by atoms with Gasteiger partial charge in [-0.1, -0.05) is 44.8 Å². The number of fused-ring (bicyclic) bond motifs is 1. The second-order valence-corrected chi connectivity index (χ2v) is 8.57. The molecule has 0 spiro atoms. The van der Waals surface area contributed by atoms with Crippen molar-refractivity contribution in [3.8, 4) is 0 Å². The van der Waals surface area contributed by atoms with Crippen LogP contribution in [0.3, 0.4) is 0 Å². The predicted octanol–water partition coefficient (Wildman–Crippen LogP) is 3.82. The van der Waals surface area contributed by atoms with Crippen molar-refractivity contribution >= 4 is 5.71 Å². The Morgan fingerprint density at radius 3 is 2.73 bits per heavy atom. The van der Waals surface area contributed by atoms with E-state index in [0.29, 0.717) is 12.0 Å². The van der Waals surface area contributed by atoms with Crippen molar-refractivity contribution in [2.24, 2.45) is 16.8 Å². The number of aliphatic imine (C=N–C) groups is 1. The lowest BCUT2D eigenvalue weighted by Gasteiger charge is -2.17. The third kappa shape index (κ3) is 6.79. The van der Waals surface area contributed by atoms with Gasteiger partial charge in [-0.25, -0.2) is 0 Å². The molecular weight excluding hydrogens is 324 g/mol. The molecule has 0 unspecified atom stereocenters. The van der Waals surface area contributed by atoms with Crippen LogP contribution in [0.25, 0.3) is 0 Å². The molecule has 1 fully saturated rings. The zero-order chi connectivity index (χ0) is 18.9. The Balaban J connectivity index is 1.74. The number of aliphatic hydroxyl groups excluding tert-OH is 2. The molecule has 4 heteroatoms. The van der Waals surface area contributed by atoms with Crippen LogP contribution in [-0.4, -0.2) is 59.7 Å². The minimum Gasteiger partial charge on any atom is -0.392 e. The van der Waals surface area contributed by atoms with E-state index in [2.05, 4.69) is 32.0 Å². The van der Waals surface area contributed by atoms with E-state index in [4.69, 9.17) is 4.99 Å². The lowest BCUT2D eigenvalue weighted by atomic mass is 9.88. The summed E-state index contributed by atoms with van der Waals surface area (Å²) in [6.07, 6.45) is 14.3. The van der Waals surface area contributed by atoms with E-state index in [1.807, 2.05) is 6.08 Å². The van der Waals surface area contributed by atoms with Gasteiger partial charge in [0.05, 0.1) is 18.2 Å². The van der Waals surface area contributed by atoms with Crippen LogP contribution < -0.4 is 0 Å². The average Bonchev–Trinajstić information content (AvgIpc) is 3.09. The van der Waals surface area contributed by atoms with Crippen molar-refractivity contribution in [1.29, 1.82) is 0 Å². The smallest absolute Gasteiger partial charge is 0.0721 e. The Morgan fingerprint density at radius 1 is 1.19 bits per heavy atom. The molecule has 2 aliphatic rings. The fourth-order valence-electron chi connectivity index (χ4n) is 4.43. The van der Waals surface area contributed by atoms with Crippen LogP contribution in [0, 0.1) is 11.8 Å². The van der Waals surface area contributed by atoms with E-state index in [0.717, 1.165) is 38.6 Å². The predicted molar refractivity (Wildman–Crippen MR) is 110 cm³/mol. The monoisotopic (exact) mass is 364 g/mol. The highest BCUT2D eigenvalue weighted by Crippen LogP contribution is 2.42. The number of hydrogen-bond acceptors (Lipinski definition) is 4. The molecule has 0 aromatic carbocycles. The molecule has 1 saturated carbocycles. The molecule has 2 rings (SSSR count). The molecule has 1 aliphatic carbocycles. The van der Waals surface area contributed by atoms with Gasteiger partial charge in [0, 0.05) is 11.6 Å². The van der Waals surface area contributed by atoms with Gasteiger partial charge in [0.15, 0.2) is 0 Å². The second-order valence-electron chi connectivity index (χ2n) is 8.57. The Labute approximate surface area is 160 Å². The van der Waals surface area contributed by atoms with Crippen LogP contribution in [0.5, 0.6) is 0 Å². The van der Waals surface area contributed by atoms with Gasteiger partial charge in [0.25, 0.3) is 0 Å². The standard InChI is InChI=1S/C22H40N2O2/c1-4-5-7-11-18(25)12-13-19-20-15-17(23-21(20)16-22(19)26)10-8-6-9-14-24(2)3/h12-13,18-22,25-26H,4-11,14-16H2,1-3H3/b13-12+/t18-,19+,20-,21-,22+/m0/s1. The highest BCUT2D eigenvalue weighted by molar-refractivity contribution is 5.86. The van der Waals surface area contributed by atoms with Gasteiger partial charge < -0.3 is 15.1 Å². The van der Waals surface area contributed by atoms with E-state index >= 15 is 0 Å². The zero-order valence-electron chi connectivity index (χ0n) is 17.1. The van der Waals surface area contributed by atoms with Gasteiger partial charge in [0.1, 0.15) is 0 Å². The van der Waals surface area contributed by atoms with E-state index in [1.165, 1.54) is 37.8 Å². The molecule has 4 nitrogen and oxygen atoms in total. The molecule has 0 bridgehead atoms. The van der Waals surface area contributed by atoms with Gasteiger partial charge in [-0.05, 0) is 65.1 Å². The number of rotatable bonds is 12. The number of unbranched alkanes of at least 4 members (excludes halogenated alkanes) is 4. The Bertz CT molecular complexity index is 461. The molecule has 0 aromatic rings. The van der Waals surface area contributed by atoms with E-state index in [-0.39, 0.29) is 18.1 Å². The maximum absolute atomic E-state index is 10.4. The number of nitrogens with zero attached hydrogens (tertiary/aromatic N) is 2. The topological polar surface area (TPSA) is 56.1 Å². The largest absolute Gasteiger partial charge is 0.392 e. The van der Waals surface area contributed by atoms with E-state index in [9.17, 15) is 10.2 Å². The molecule has 0 saturated heterocycles. The van der Waals surface area contributed by atoms with Gasteiger partial charge in [-0.15, -0.1) is 0 Å². The molecule has 1 heterocycles. The molecule has 1 aliphatic heterocycles. The minimum absolute atomic E-state index is 0.163. The van der Waals surface area contributed by atoms with Crippen molar-refractivity contribution < 1.29 is 10.2 Å². The summed E-state index contributed by atoms with van der Waals surface area (Å²) < 4.78 is 0. The van der Waals surface area contributed by atoms with Crippen LogP contribution in [0.15, 0.2) is 17.1 Å². The van der Waals surface area contributed by atoms with Crippen molar-refractivity contribution in [2.75, 3.05) is 20.6 Å². The van der Waals surface area contributed by atoms with Crippen molar-refractivity contribution in [2.45, 2.75) is 89.4 Å². The first-order chi connectivity index (χ1) is 12.5. The maximum Gasteiger partial charge on any atom is 0.0721 e. The average molecular weight is 365 g/mol. The van der Waals surface area contributed by atoms with Gasteiger partial charge in [-0.3, -0.25) is 4.99 Å².